The number of nitrogens with zero attached hydrogens (tertiary/aromatic N) is 1. The highest BCUT2D eigenvalue weighted by Crippen LogP contribution is 2.24. The van der Waals surface area contributed by atoms with E-state index in [1.54, 1.807) is 7.11 Å². The predicted molar refractivity (Wildman–Crippen MR) is 129 cm³/mol. The van der Waals surface area contributed by atoms with Crippen LogP contribution in [0.15, 0.2) is 18.2 Å². The van der Waals surface area contributed by atoms with Gasteiger partial charge in [0.15, 0.2) is 6.29 Å². The number of hydrogen-bond acceptors (Lipinski definition) is 3. The van der Waals surface area contributed by atoms with Gasteiger partial charge in [-0.3, -0.25) is 4.79 Å². The predicted octanol–water partition coefficient (Wildman–Crippen LogP) is 3.56. The van der Waals surface area contributed by atoms with Crippen LogP contribution in [0.4, 0.5) is 0 Å². The average molecular weight is 468 g/mol. The van der Waals surface area contributed by atoms with Crippen molar-refractivity contribution in [1.82, 2.24) is 0 Å². The Hall–Kier alpha value is -1.10. The topological polar surface area (TPSA) is 35.5 Å². The van der Waals surface area contributed by atoms with Crippen molar-refractivity contribution in [3.8, 4) is 5.75 Å². The molecule has 0 radical (unpaired) electrons. The van der Waals surface area contributed by atoms with Gasteiger partial charge in [0.2, 0.25) is 0 Å². The highest BCUT2D eigenvalue weighted by molar-refractivity contribution is 5.79. The van der Waals surface area contributed by atoms with E-state index < -0.39 is 0 Å². The molecular formula is C27H46ClNO3. The molecule has 0 spiro atoms. The minimum atomic E-state index is 0. The first-order valence-electron chi connectivity index (χ1n) is 12.8. The van der Waals surface area contributed by atoms with Gasteiger partial charge in [0.05, 0.1) is 32.4 Å². The van der Waals surface area contributed by atoms with Gasteiger partial charge in [-0.05, 0) is 31.0 Å². The van der Waals surface area contributed by atoms with E-state index in [2.05, 4.69) is 13.0 Å². The summed E-state index contributed by atoms with van der Waals surface area (Å²) in [7, 11) is 1.62. The molecule has 0 N–H and O–H groups in total. The van der Waals surface area contributed by atoms with E-state index in [1.165, 1.54) is 89.2 Å². The van der Waals surface area contributed by atoms with Crippen molar-refractivity contribution in [2.75, 3.05) is 40.0 Å². The van der Waals surface area contributed by atoms with Gasteiger partial charge >= 0.3 is 0 Å². The summed E-state index contributed by atoms with van der Waals surface area (Å²) in [5.74, 6) is 0.660. The lowest BCUT2D eigenvalue weighted by Gasteiger charge is -2.41. The Morgan fingerprint density at radius 1 is 0.906 bits per heavy atom. The number of unbranched alkanes of at least 4 members (excludes halogenated alkanes) is 11. The van der Waals surface area contributed by atoms with Crippen LogP contribution >= 0.6 is 0 Å². The number of benzene rings is 1. The summed E-state index contributed by atoms with van der Waals surface area (Å²) in [5, 5.41) is 0. The van der Waals surface area contributed by atoms with Crippen LogP contribution in [-0.4, -0.2) is 50.7 Å². The van der Waals surface area contributed by atoms with E-state index in [0.29, 0.717) is 11.3 Å². The molecule has 32 heavy (non-hydrogen) atoms. The van der Waals surface area contributed by atoms with Crippen molar-refractivity contribution in [1.29, 1.82) is 0 Å². The number of rotatable bonds is 17. The second-order valence-electron chi connectivity index (χ2n) is 9.37. The zero-order valence-electron chi connectivity index (χ0n) is 20.6. The first-order valence-corrected chi connectivity index (χ1v) is 12.8. The molecule has 5 heteroatoms. The molecule has 2 rings (SSSR count). The summed E-state index contributed by atoms with van der Waals surface area (Å²) in [6, 6.07) is 6.05. The van der Waals surface area contributed by atoms with E-state index in [4.69, 9.17) is 9.47 Å². The number of carbonyl (C=O) groups is 1. The number of methoxy groups -OCH3 is 1. The Morgan fingerprint density at radius 3 is 2.00 bits per heavy atom. The maximum absolute atomic E-state index is 11.4. The first-order chi connectivity index (χ1) is 15.2. The molecule has 4 nitrogen and oxygen atoms in total. The fourth-order valence-corrected chi connectivity index (χ4v) is 4.84. The van der Waals surface area contributed by atoms with Crippen molar-refractivity contribution in [3.05, 3.63) is 29.3 Å². The molecule has 1 aromatic rings. The number of hydrogen-bond donors (Lipinski definition) is 0. The zero-order chi connectivity index (χ0) is 22.2. The third-order valence-electron chi connectivity index (χ3n) is 6.85. The standard InChI is InChI=1S/C27H46NO3.ClH/c1-3-4-5-6-7-8-9-10-11-12-13-14-17-28(18-20-31-21-19-28)23-25-15-16-27(30-2)26(22-25)24-29;/h15-16,22,24H,3-14,17-21,23H2,1-2H3;1H/q+1;/p-1. The Kier molecular flexibility index (Phi) is 15.7. The van der Waals surface area contributed by atoms with Crippen molar-refractivity contribution < 1.29 is 31.2 Å². The summed E-state index contributed by atoms with van der Waals surface area (Å²) >= 11 is 0. The molecule has 184 valence electrons. The summed E-state index contributed by atoms with van der Waals surface area (Å²) in [5.41, 5.74) is 1.88. The molecule has 1 heterocycles. The number of carbonyl (C=O) groups excluding carboxylic acids is 1. The normalized spacial score (nSPS) is 15.2. The van der Waals surface area contributed by atoms with Gasteiger partial charge in [-0.2, -0.15) is 0 Å². The quantitative estimate of drug-likeness (QED) is 0.199. The molecule has 0 aromatic heterocycles. The number of quaternary nitrogens is 1. The molecule has 1 aromatic carbocycles. The molecule has 0 bridgehead atoms. The van der Waals surface area contributed by atoms with Gasteiger partial charge in [0.1, 0.15) is 25.4 Å². The van der Waals surface area contributed by atoms with Gasteiger partial charge in [0, 0.05) is 5.56 Å². The molecule has 1 saturated heterocycles. The molecule has 1 fully saturated rings. The molecular weight excluding hydrogens is 422 g/mol. The van der Waals surface area contributed by atoms with Gasteiger partial charge in [0.25, 0.3) is 0 Å². The van der Waals surface area contributed by atoms with E-state index in [-0.39, 0.29) is 12.4 Å². The third-order valence-corrected chi connectivity index (χ3v) is 6.85. The zero-order valence-corrected chi connectivity index (χ0v) is 21.3. The SMILES string of the molecule is CCCCCCCCCCCCCC[N+]1(Cc2ccc(OC)c(C=O)c2)CCOCC1.[Cl-]. The van der Waals surface area contributed by atoms with Gasteiger partial charge in [-0.1, -0.05) is 71.1 Å². The van der Waals surface area contributed by atoms with Crippen LogP contribution in [0.25, 0.3) is 0 Å². The lowest BCUT2D eigenvalue weighted by atomic mass is 10.0. The summed E-state index contributed by atoms with van der Waals surface area (Å²) in [4.78, 5) is 11.4. The van der Waals surface area contributed by atoms with Crippen LogP contribution in [0, 0.1) is 0 Å². The van der Waals surface area contributed by atoms with Crippen LogP contribution in [0.3, 0.4) is 0 Å². The van der Waals surface area contributed by atoms with E-state index >= 15 is 0 Å². The van der Waals surface area contributed by atoms with Crippen LogP contribution in [0.5, 0.6) is 5.75 Å². The van der Waals surface area contributed by atoms with Crippen LogP contribution in [0.1, 0.15) is 99.9 Å². The highest BCUT2D eigenvalue weighted by Gasteiger charge is 2.30. The van der Waals surface area contributed by atoms with Crippen molar-refractivity contribution >= 4 is 6.29 Å². The molecule has 0 aliphatic carbocycles. The Morgan fingerprint density at radius 2 is 1.47 bits per heavy atom. The maximum atomic E-state index is 11.4. The average Bonchev–Trinajstić information content (AvgIpc) is 2.80. The van der Waals surface area contributed by atoms with E-state index in [9.17, 15) is 4.79 Å². The molecule has 0 atom stereocenters. The summed E-state index contributed by atoms with van der Waals surface area (Å²) < 4.78 is 12.0. The number of halogens is 1. The van der Waals surface area contributed by atoms with E-state index in [1.807, 2.05) is 12.1 Å². The number of aldehydes is 1. The second-order valence-corrected chi connectivity index (χ2v) is 9.37. The summed E-state index contributed by atoms with van der Waals surface area (Å²) in [6.45, 7) is 8.30. The largest absolute Gasteiger partial charge is 1.00 e. The highest BCUT2D eigenvalue weighted by atomic mass is 35.5. The monoisotopic (exact) mass is 467 g/mol. The van der Waals surface area contributed by atoms with Gasteiger partial charge in [-0.25, -0.2) is 0 Å². The third kappa shape index (κ3) is 10.7. The summed E-state index contributed by atoms with van der Waals surface area (Å²) in [6.07, 6.45) is 17.5. The molecule has 0 saturated carbocycles. The van der Waals surface area contributed by atoms with Crippen molar-refractivity contribution in [2.24, 2.45) is 0 Å². The maximum Gasteiger partial charge on any atom is 0.153 e. The smallest absolute Gasteiger partial charge is 0.153 e. The fraction of sp³-hybridized carbons (Fsp3) is 0.741. The Balaban J connectivity index is 0.00000512. The number of morpholine rings is 1. The Labute approximate surface area is 203 Å². The lowest BCUT2D eigenvalue weighted by Crippen LogP contribution is -3.00. The first kappa shape index (κ1) is 28.9. The second kappa shape index (κ2) is 17.4. The lowest BCUT2D eigenvalue weighted by molar-refractivity contribution is -0.947. The Bertz CT molecular complexity index is 617. The van der Waals surface area contributed by atoms with Crippen molar-refractivity contribution in [3.63, 3.8) is 0 Å². The van der Waals surface area contributed by atoms with Crippen LogP contribution in [0.2, 0.25) is 0 Å². The minimum Gasteiger partial charge on any atom is -1.00 e. The molecule has 0 unspecified atom stereocenters. The fourth-order valence-electron chi connectivity index (χ4n) is 4.84. The van der Waals surface area contributed by atoms with E-state index in [0.717, 1.165) is 43.6 Å². The van der Waals surface area contributed by atoms with Gasteiger partial charge in [-0.15, -0.1) is 0 Å². The number of ether oxygens (including phenoxy) is 2. The van der Waals surface area contributed by atoms with Crippen LogP contribution in [-0.2, 0) is 11.3 Å². The minimum absolute atomic E-state index is 0. The van der Waals surface area contributed by atoms with Crippen molar-refractivity contribution in [2.45, 2.75) is 90.5 Å². The van der Waals surface area contributed by atoms with Crippen LogP contribution < -0.4 is 17.1 Å². The molecule has 0 amide bonds. The molecule has 1 aliphatic rings. The molecule has 1 aliphatic heterocycles. The van der Waals surface area contributed by atoms with Gasteiger partial charge < -0.3 is 26.4 Å².